The molecule has 4 rings (SSSR count). The first-order chi connectivity index (χ1) is 13.0. The van der Waals surface area contributed by atoms with Gasteiger partial charge in [-0.2, -0.15) is 0 Å². The van der Waals surface area contributed by atoms with Gasteiger partial charge < -0.3 is 9.64 Å². The Morgan fingerprint density at radius 2 is 2.04 bits per heavy atom. The normalized spacial score (nSPS) is 33.0. The van der Waals surface area contributed by atoms with E-state index in [4.69, 9.17) is 4.74 Å². The highest BCUT2D eigenvalue weighted by atomic mass is 16.6. The molecule has 0 radical (unpaired) electrons. The molecule has 27 heavy (non-hydrogen) atoms. The minimum Gasteiger partial charge on any atom is -0.446 e. The van der Waals surface area contributed by atoms with Gasteiger partial charge in [-0.1, -0.05) is 25.1 Å². The Balaban J connectivity index is 1.46. The van der Waals surface area contributed by atoms with E-state index < -0.39 is 0 Å². The number of para-hydroxylation sites is 1. The van der Waals surface area contributed by atoms with Crippen molar-refractivity contribution in [3.05, 3.63) is 29.8 Å². The third-order valence-electron chi connectivity index (χ3n) is 7.15. The Labute approximate surface area is 161 Å². The van der Waals surface area contributed by atoms with Crippen LogP contribution in [0.4, 0.5) is 10.5 Å². The van der Waals surface area contributed by atoms with Crippen molar-refractivity contribution in [2.75, 3.05) is 11.9 Å². The number of rotatable bonds is 2. The Morgan fingerprint density at radius 1 is 1.22 bits per heavy atom. The summed E-state index contributed by atoms with van der Waals surface area (Å²) in [5.74, 6) is 1.03. The maximum atomic E-state index is 12.6. The van der Waals surface area contributed by atoms with Crippen LogP contribution in [0.2, 0.25) is 0 Å². The van der Waals surface area contributed by atoms with Crippen LogP contribution in [-0.2, 0) is 9.53 Å². The fraction of sp³-hybridized carbons (Fsp3) is 0.636. The van der Waals surface area contributed by atoms with Crippen LogP contribution in [0.5, 0.6) is 0 Å². The second-order valence-electron chi connectivity index (χ2n) is 8.53. The van der Waals surface area contributed by atoms with Gasteiger partial charge in [-0.3, -0.25) is 10.1 Å². The Morgan fingerprint density at radius 3 is 2.85 bits per heavy atom. The first kappa shape index (κ1) is 18.3. The fourth-order valence-corrected chi connectivity index (χ4v) is 5.80. The van der Waals surface area contributed by atoms with Gasteiger partial charge in [0.1, 0.15) is 6.10 Å². The molecule has 1 spiro atoms. The van der Waals surface area contributed by atoms with Gasteiger partial charge in [0.05, 0.1) is 0 Å². The van der Waals surface area contributed by atoms with E-state index >= 15 is 0 Å². The largest absolute Gasteiger partial charge is 0.446 e. The summed E-state index contributed by atoms with van der Waals surface area (Å²) < 4.78 is 5.87. The molecule has 0 bridgehead atoms. The lowest BCUT2D eigenvalue weighted by atomic mass is 9.64. The highest BCUT2D eigenvalue weighted by molar-refractivity contribution is 5.85. The van der Waals surface area contributed by atoms with E-state index in [1.54, 1.807) is 0 Å². The molecular formula is C22H30N2O3. The summed E-state index contributed by atoms with van der Waals surface area (Å²) in [5, 5.41) is 2.89. The third kappa shape index (κ3) is 3.21. The molecule has 3 fully saturated rings. The zero-order valence-electron chi connectivity index (χ0n) is 16.4. The third-order valence-corrected chi connectivity index (χ3v) is 7.15. The van der Waals surface area contributed by atoms with Crippen LogP contribution < -0.4 is 5.32 Å². The van der Waals surface area contributed by atoms with Crippen LogP contribution in [0, 0.1) is 18.8 Å². The molecule has 1 aromatic carbocycles. The summed E-state index contributed by atoms with van der Waals surface area (Å²) >= 11 is 0. The van der Waals surface area contributed by atoms with E-state index in [0.29, 0.717) is 18.2 Å². The number of carbonyl (C=O) groups excluding carboxylic acids is 2. The van der Waals surface area contributed by atoms with E-state index in [2.05, 4.69) is 17.1 Å². The maximum Gasteiger partial charge on any atom is 0.411 e. The summed E-state index contributed by atoms with van der Waals surface area (Å²) in [6.45, 7) is 5.09. The lowest BCUT2D eigenvalue weighted by molar-refractivity contribution is -0.140. The minimum absolute atomic E-state index is 0.0132. The molecular weight excluding hydrogens is 340 g/mol. The second-order valence-corrected chi connectivity index (χ2v) is 8.53. The van der Waals surface area contributed by atoms with Gasteiger partial charge in [0, 0.05) is 24.2 Å². The zero-order chi connectivity index (χ0) is 19.0. The van der Waals surface area contributed by atoms with Crippen LogP contribution in [0.3, 0.4) is 0 Å². The molecule has 2 amide bonds. The highest BCUT2D eigenvalue weighted by Gasteiger charge is 2.55. The molecule has 1 aliphatic carbocycles. The molecule has 0 unspecified atom stereocenters. The molecule has 1 saturated carbocycles. The number of nitrogens with one attached hydrogen (secondary N) is 1. The van der Waals surface area contributed by atoms with Gasteiger partial charge in [0.25, 0.3) is 0 Å². The molecule has 5 nitrogen and oxygen atoms in total. The Hall–Kier alpha value is -2.04. The quantitative estimate of drug-likeness (QED) is 0.834. The summed E-state index contributed by atoms with van der Waals surface area (Å²) in [6, 6.07) is 7.73. The second kappa shape index (κ2) is 7.17. The van der Waals surface area contributed by atoms with Crippen LogP contribution >= 0.6 is 0 Å². The smallest absolute Gasteiger partial charge is 0.411 e. The Kier molecular flexibility index (Phi) is 4.87. The lowest BCUT2D eigenvalue weighted by Gasteiger charge is -2.51. The predicted molar refractivity (Wildman–Crippen MR) is 104 cm³/mol. The van der Waals surface area contributed by atoms with Crippen molar-refractivity contribution >= 4 is 17.7 Å². The summed E-state index contributed by atoms with van der Waals surface area (Å²) in [7, 11) is 0. The molecule has 2 saturated heterocycles. The molecule has 4 atom stereocenters. The van der Waals surface area contributed by atoms with Gasteiger partial charge in [0.15, 0.2) is 0 Å². The zero-order valence-corrected chi connectivity index (χ0v) is 16.4. The monoisotopic (exact) mass is 370 g/mol. The van der Waals surface area contributed by atoms with Crippen molar-refractivity contribution in [3.63, 3.8) is 0 Å². The first-order valence-electron chi connectivity index (χ1n) is 10.3. The van der Waals surface area contributed by atoms with Crippen LogP contribution in [0.15, 0.2) is 24.3 Å². The number of hydrogen-bond donors (Lipinski definition) is 1. The van der Waals surface area contributed by atoms with Crippen LogP contribution in [-0.4, -0.2) is 35.1 Å². The average molecular weight is 370 g/mol. The van der Waals surface area contributed by atoms with Gasteiger partial charge in [-0.15, -0.1) is 0 Å². The van der Waals surface area contributed by atoms with Crippen molar-refractivity contribution in [3.8, 4) is 0 Å². The van der Waals surface area contributed by atoms with Gasteiger partial charge in [0.2, 0.25) is 5.91 Å². The van der Waals surface area contributed by atoms with Crippen molar-refractivity contribution in [1.29, 1.82) is 0 Å². The molecule has 0 aromatic heterocycles. The van der Waals surface area contributed by atoms with Gasteiger partial charge in [-0.25, -0.2) is 4.79 Å². The van der Waals surface area contributed by atoms with Crippen molar-refractivity contribution in [2.24, 2.45) is 11.8 Å². The number of benzene rings is 1. The highest BCUT2D eigenvalue weighted by Crippen LogP contribution is 2.52. The number of nitrogens with zero attached hydrogens (tertiary/aromatic N) is 1. The molecule has 5 heteroatoms. The van der Waals surface area contributed by atoms with E-state index in [9.17, 15) is 9.59 Å². The van der Waals surface area contributed by atoms with E-state index in [0.717, 1.165) is 56.3 Å². The van der Waals surface area contributed by atoms with Gasteiger partial charge >= 0.3 is 6.09 Å². The van der Waals surface area contributed by atoms with Crippen molar-refractivity contribution in [1.82, 2.24) is 4.90 Å². The van der Waals surface area contributed by atoms with E-state index in [-0.39, 0.29) is 23.7 Å². The number of ether oxygens (including phenoxy) is 1. The minimum atomic E-state index is -0.370. The first-order valence-corrected chi connectivity index (χ1v) is 10.3. The lowest BCUT2D eigenvalue weighted by Crippen LogP contribution is -2.57. The number of aryl methyl sites for hydroxylation is 1. The summed E-state index contributed by atoms with van der Waals surface area (Å²) in [4.78, 5) is 27.2. The molecule has 1 aromatic rings. The number of hydrogen-bond acceptors (Lipinski definition) is 3. The number of anilines is 1. The average Bonchev–Trinajstić information content (AvgIpc) is 3.01. The topological polar surface area (TPSA) is 58.6 Å². The maximum absolute atomic E-state index is 12.6. The summed E-state index contributed by atoms with van der Waals surface area (Å²) in [6.07, 6.45) is 6.23. The fourth-order valence-electron chi connectivity index (χ4n) is 5.80. The standard InChI is InChI=1S/C22H30N2O3/c1-15-7-3-4-9-18(15)23-21(26)27-19-11-13-22-12-6-14-24(22)20(25)10-5-8-17(22)16(19)2/h3-4,7,9,16-17,19H,5-6,8,10-14H2,1-2H3,(H,23,26)/t16-,17+,19+,22-/m1/s1. The van der Waals surface area contributed by atoms with E-state index in [1.807, 2.05) is 31.2 Å². The van der Waals surface area contributed by atoms with Crippen LogP contribution in [0.25, 0.3) is 0 Å². The van der Waals surface area contributed by atoms with Crippen molar-refractivity contribution in [2.45, 2.75) is 70.4 Å². The van der Waals surface area contributed by atoms with Gasteiger partial charge in [-0.05, 0) is 68.9 Å². The summed E-state index contributed by atoms with van der Waals surface area (Å²) in [5.41, 5.74) is 1.83. The predicted octanol–water partition coefficient (Wildman–Crippen LogP) is 4.50. The molecule has 1 N–H and O–H groups in total. The van der Waals surface area contributed by atoms with Crippen LogP contribution in [0.1, 0.15) is 57.4 Å². The van der Waals surface area contributed by atoms with Crippen molar-refractivity contribution < 1.29 is 14.3 Å². The molecule has 2 aliphatic heterocycles. The number of carbonyl (C=O) groups is 2. The molecule has 2 heterocycles. The molecule has 3 aliphatic rings. The Bertz CT molecular complexity index is 734. The molecule has 146 valence electrons. The SMILES string of the molecule is Cc1ccccc1NC(=O)O[C@H]1CC[C@@]23CCCN2C(=O)CCC[C@H]3[C@H]1C. The van der Waals surface area contributed by atoms with E-state index in [1.165, 1.54) is 0 Å². The number of amides is 2.